The number of rotatable bonds is 4. The monoisotopic (exact) mass is 237 g/mol. The van der Waals surface area contributed by atoms with Gasteiger partial charge in [0.1, 0.15) is 0 Å². The van der Waals surface area contributed by atoms with E-state index in [-0.39, 0.29) is 6.04 Å². The maximum Gasteiger partial charge on any atom is 0.0774 e. The molecule has 0 aromatic carbocycles. The van der Waals surface area contributed by atoms with Gasteiger partial charge < -0.3 is 10.4 Å². The van der Waals surface area contributed by atoms with Gasteiger partial charge in [0.15, 0.2) is 0 Å². The average molecular weight is 237 g/mol. The maximum atomic E-state index is 10.5. The zero-order valence-electron chi connectivity index (χ0n) is 10.7. The number of aromatic nitrogens is 2. The van der Waals surface area contributed by atoms with Crippen molar-refractivity contribution < 1.29 is 5.11 Å². The van der Waals surface area contributed by atoms with Crippen molar-refractivity contribution in [2.45, 2.75) is 51.2 Å². The van der Waals surface area contributed by atoms with Gasteiger partial charge in [-0.05, 0) is 31.7 Å². The van der Waals surface area contributed by atoms with Gasteiger partial charge in [-0.1, -0.05) is 19.8 Å². The molecule has 0 aliphatic heterocycles. The van der Waals surface area contributed by atoms with Crippen LogP contribution in [0, 0.1) is 5.92 Å². The molecule has 1 saturated carbocycles. The van der Waals surface area contributed by atoms with E-state index in [4.69, 9.17) is 0 Å². The summed E-state index contributed by atoms with van der Waals surface area (Å²) in [5, 5.41) is 20.8. The second kappa shape index (κ2) is 5.19. The molecule has 3 unspecified atom stereocenters. The highest BCUT2D eigenvalue weighted by molar-refractivity contribution is 5.03. The predicted octanol–water partition coefficient (Wildman–Crippen LogP) is 2.00. The summed E-state index contributed by atoms with van der Waals surface area (Å²) in [5.41, 5.74) is 0.545. The average Bonchev–Trinajstić information content (AvgIpc) is 2.79. The van der Waals surface area contributed by atoms with E-state index >= 15 is 0 Å². The Hall–Kier alpha value is -0.870. The molecule has 1 aromatic rings. The van der Waals surface area contributed by atoms with Crippen LogP contribution in [0.25, 0.3) is 0 Å². The fraction of sp³-hybridized carbons (Fsp3) is 0.769. The standard InChI is InChI=1S/C13H23N3O/c1-10-4-3-6-13(17,8-10)9-14-11(2)12-5-7-15-16-12/h5,7,10-11,14,17H,3-4,6,8-9H2,1-2H3,(H,15,16). The molecule has 0 amide bonds. The van der Waals surface area contributed by atoms with Crippen LogP contribution in [-0.4, -0.2) is 27.4 Å². The summed E-state index contributed by atoms with van der Waals surface area (Å²) in [4.78, 5) is 0. The molecule has 1 aliphatic carbocycles. The highest BCUT2D eigenvalue weighted by atomic mass is 16.3. The van der Waals surface area contributed by atoms with Crippen LogP contribution < -0.4 is 5.32 Å². The molecule has 1 fully saturated rings. The van der Waals surface area contributed by atoms with Crippen molar-refractivity contribution in [3.8, 4) is 0 Å². The van der Waals surface area contributed by atoms with Gasteiger partial charge in [-0.2, -0.15) is 5.10 Å². The molecule has 4 heteroatoms. The molecule has 0 bridgehead atoms. The summed E-state index contributed by atoms with van der Waals surface area (Å²) < 4.78 is 0. The number of nitrogens with zero attached hydrogens (tertiary/aromatic N) is 1. The van der Waals surface area contributed by atoms with Gasteiger partial charge in [-0.15, -0.1) is 0 Å². The fourth-order valence-corrected chi connectivity index (χ4v) is 2.75. The Balaban J connectivity index is 1.84. The second-order valence-electron chi connectivity index (χ2n) is 5.54. The Morgan fingerprint density at radius 3 is 3.18 bits per heavy atom. The van der Waals surface area contributed by atoms with Crippen LogP contribution in [0.1, 0.15) is 51.3 Å². The molecular weight excluding hydrogens is 214 g/mol. The Morgan fingerprint density at radius 2 is 2.53 bits per heavy atom. The van der Waals surface area contributed by atoms with Gasteiger partial charge in [-0.25, -0.2) is 0 Å². The maximum absolute atomic E-state index is 10.5. The first-order chi connectivity index (χ1) is 8.09. The van der Waals surface area contributed by atoms with Crippen molar-refractivity contribution in [3.63, 3.8) is 0 Å². The first-order valence-corrected chi connectivity index (χ1v) is 6.54. The molecule has 3 N–H and O–H groups in total. The lowest BCUT2D eigenvalue weighted by Gasteiger charge is -2.36. The van der Waals surface area contributed by atoms with Crippen LogP contribution in [0.15, 0.2) is 12.3 Å². The highest BCUT2D eigenvalue weighted by Gasteiger charge is 2.32. The zero-order valence-corrected chi connectivity index (χ0v) is 10.7. The molecule has 0 spiro atoms. The van der Waals surface area contributed by atoms with E-state index < -0.39 is 5.60 Å². The Bertz CT molecular complexity index is 338. The predicted molar refractivity (Wildman–Crippen MR) is 67.6 cm³/mol. The Labute approximate surface area is 103 Å². The number of aliphatic hydroxyl groups is 1. The fourth-order valence-electron chi connectivity index (χ4n) is 2.75. The minimum absolute atomic E-state index is 0.207. The van der Waals surface area contributed by atoms with E-state index in [9.17, 15) is 5.11 Å². The SMILES string of the molecule is CC1CCCC(O)(CNC(C)c2ccn[nH]2)C1. The lowest BCUT2D eigenvalue weighted by molar-refractivity contribution is -0.0135. The van der Waals surface area contributed by atoms with E-state index in [1.807, 2.05) is 6.07 Å². The third-order valence-electron chi connectivity index (χ3n) is 3.79. The van der Waals surface area contributed by atoms with E-state index in [0.29, 0.717) is 12.5 Å². The summed E-state index contributed by atoms with van der Waals surface area (Å²) in [6.07, 6.45) is 5.97. The minimum atomic E-state index is -0.522. The van der Waals surface area contributed by atoms with Crippen LogP contribution in [0.5, 0.6) is 0 Å². The van der Waals surface area contributed by atoms with Crippen LogP contribution in [0.2, 0.25) is 0 Å². The lowest BCUT2D eigenvalue weighted by atomic mass is 9.79. The van der Waals surface area contributed by atoms with Gasteiger partial charge in [0.05, 0.1) is 11.3 Å². The number of H-pyrrole nitrogens is 1. The lowest BCUT2D eigenvalue weighted by Crippen LogP contribution is -2.44. The summed E-state index contributed by atoms with van der Waals surface area (Å²) in [6.45, 7) is 4.98. The topological polar surface area (TPSA) is 60.9 Å². The first kappa shape index (κ1) is 12.6. The summed E-state index contributed by atoms with van der Waals surface area (Å²) in [6, 6.07) is 2.17. The number of hydrogen-bond acceptors (Lipinski definition) is 3. The zero-order chi connectivity index (χ0) is 12.3. The molecule has 1 aromatic heterocycles. The first-order valence-electron chi connectivity index (χ1n) is 6.54. The van der Waals surface area contributed by atoms with Crippen LogP contribution in [0.4, 0.5) is 0 Å². The van der Waals surface area contributed by atoms with Crippen LogP contribution >= 0.6 is 0 Å². The smallest absolute Gasteiger partial charge is 0.0774 e. The molecule has 4 nitrogen and oxygen atoms in total. The van der Waals surface area contributed by atoms with Crippen molar-refractivity contribution in [2.75, 3.05) is 6.54 Å². The van der Waals surface area contributed by atoms with E-state index in [0.717, 1.165) is 25.0 Å². The number of hydrogen-bond donors (Lipinski definition) is 3. The molecule has 1 heterocycles. The van der Waals surface area contributed by atoms with Gasteiger partial charge >= 0.3 is 0 Å². The van der Waals surface area contributed by atoms with E-state index in [2.05, 4.69) is 29.4 Å². The molecule has 2 rings (SSSR count). The quantitative estimate of drug-likeness (QED) is 0.750. The largest absolute Gasteiger partial charge is 0.389 e. The van der Waals surface area contributed by atoms with Crippen molar-refractivity contribution in [3.05, 3.63) is 18.0 Å². The van der Waals surface area contributed by atoms with Crippen LogP contribution in [0.3, 0.4) is 0 Å². The molecule has 3 atom stereocenters. The number of aromatic amines is 1. The van der Waals surface area contributed by atoms with Gasteiger partial charge in [0, 0.05) is 18.8 Å². The highest BCUT2D eigenvalue weighted by Crippen LogP contribution is 2.32. The molecule has 96 valence electrons. The second-order valence-corrected chi connectivity index (χ2v) is 5.54. The Kier molecular flexibility index (Phi) is 3.84. The van der Waals surface area contributed by atoms with Crippen LogP contribution in [-0.2, 0) is 0 Å². The molecular formula is C13H23N3O. The Morgan fingerprint density at radius 1 is 1.71 bits per heavy atom. The normalized spacial score (nSPS) is 31.4. The molecule has 0 saturated heterocycles. The third kappa shape index (κ3) is 3.30. The van der Waals surface area contributed by atoms with E-state index in [1.165, 1.54) is 6.42 Å². The number of nitrogens with one attached hydrogen (secondary N) is 2. The third-order valence-corrected chi connectivity index (χ3v) is 3.79. The molecule has 0 radical (unpaired) electrons. The summed E-state index contributed by atoms with van der Waals surface area (Å²) >= 11 is 0. The molecule has 17 heavy (non-hydrogen) atoms. The summed E-state index contributed by atoms with van der Waals surface area (Å²) in [7, 11) is 0. The van der Waals surface area contributed by atoms with E-state index in [1.54, 1.807) is 6.20 Å². The summed E-state index contributed by atoms with van der Waals surface area (Å²) in [5.74, 6) is 0.637. The van der Waals surface area contributed by atoms with Gasteiger partial charge in [0.25, 0.3) is 0 Å². The van der Waals surface area contributed by atoms with Crippen molar-refractivity contribution in [1.82, 2.24) is 15.5 Å². The minimum Gasteiger partial charge on any atom is -0.389 e. The van der Waals surface area contributed by atoms with Crippen molar-refractivity contribution in [2.24, 2.45) is 5.92 Å². The van der Waals surface area contributed by atoms with Crippen molar-refractivity contribution >= 4 is 0 Å². The van der Waals surface area contributed by atoms with Gasteiger partial charge in [-0.3, -0.25) is 5.10 Å². The van der Waals surface area contributed by atoms with Gasteiger partial charge in [0.2, 0.25) is 0 Å². The molecule has 1 aliphatic rings. The van der Waals surface area contributed by atoms with Crippen molar-refractivity contribution in [1.29, 1.82) is 0 Å².